The first-order valence-electron chi connectivity index (χ1n) is 8.29. The van der Waals surface area contributed by atoms with Crippen molar-refractivity contribution in [2.45, 2.75) is 52.0 Å². The summed E-state index contributed by atoms with van der Waals surface area (Å²) in [5.41, 5.74) is 2.17. The van der Waals surface area contributed by atoms with Crippen LogP contribution in [0.3, 0.4) is 0 Å². The summed E-state index contributed by atoms with van der Waals surface area (Å²) in [5.74, 6) is 1.61. The molecule has 0 aliphatic heterocycles. The van der Waals surface area contributed by atoms with Crippen LogP contribution in [-0.4, -0.2) is 19.7 Å². The number of hydrogen-bond donors (Lipinski definition) is 2. The van der Waals surface area contributed by atoms with E-state index in [4.69, 9.17) is 4.74 Å². The minimum Gasteiger partial charge on any atom is -0.496 e. The third kappa shape index (κ3) is 4.65. The Balaban J connectivity index is 1.81. The number of amides is 2. The molecule has 0 bridgehead atoms. The molecule has 122 valence electrons. The van der Waals surface area contributed by atoms with Gasteiger partial charge < -0.3 is 15.4 Å². The van der Waals surface area contributed by atoms with Gasteiger partial charge in [0.05, 0.1) is 13.2 Å². The molecule has 4 nitrogen and oxygen atoms in total. The Bertz CT molecular complexity index is 496. The average Bonchev–Trinajstić information content (AvgIpc) is 3.00. The lowest BCUT2D eigenvalue weighted by Gasteiger charge is -2.18. The first-order chi connectivity index (χ1) is 10.6. The number of aryl methyl sites for hydroxylation is 1. The van der Waals surface area contributed by atoms with Gasteiger partial charge in [-0.05, 0) is 32.3 Å². The number of hydrogen-bond acceptors (Lipinski definition) is 2. The van der Waals surface area contributed by atoms with Crippen molar-refractivity contribution in [1.29, 1.82) is 0 Å². The highest BCUT2D eigenvalue weighted by molar-refractivity contribution is 5.74. The van der Waals surface area contributed by atoms with E-state index in [2.05, 4.69) is 16.7 Å². The molecule has 0 saturated heterocycles. The summed E-state index contributed by atoms with van der Waals surface area (Å²) in [7, 11) is 1.66. The molecule has 2 amide bonds. The number of urea groups is 1. The Kier molecular flexibility index (Phi) is 6.10. The lowest BCUT2D eigenvalue weighted by atomic mass is 10.0. The van der Waals surface area contributed by atoms with E-state index in [-0.39, 0.29) is 12.1 Å². The Hall–Kier alpha value is -1.71. The summed E-state index contributed by atoms with van der Waals surface area (Å²) >= 11 is 0. The Morgan fingerprint density at radius 2 is 2.09 bits per heavy atom. The van der Waals surface area contributed by atoms with Crippen molar-refractivity contribution in [1.82, 2.24) is 10.6 Å². The maximum Gasteiger partial charge on any atom is 0.315 e. The molecule has 1 atom stereocenters. The van der Waals surface area contributed by atoms with Gasteiger partial charge in [0.1, 0.15) is 5.75 Å². The van der Waals surface area contributed by atoms with E-state index in [0.717, 1.165) is 35.8 Å². The molecule has 1 aromatic rings. The summed E-state index contributed by atoms with van der Waals surface area (Å²) in [6.07, 6.45) is 6.43. The molecule has 0 spiro atoms. The Morgan fingerprint density at radius 3 is 2.77 bits per heavy atom. The van der Waals surface area contributed by atoms with Crippen LogP contribution in [-0.2, 0) is 0 Å². The molecular weight excluding hydrogens is 276 g/mol. The normalized spacial score (nSPS) is 16.3. The molecule has 1 saturated carbocycles. The van der Waals surface area contributed by atoms with Gasteiger partial charge in [-0.3, -0.25) is 0 Å². The van der Waals surface area contributed by atoms with Crippen molar-refractivity contribution in [3.05, 3.63) is 29.3 Å². The van der Waals surface area contributed by atoms with Crippen LogP contribution in [0.4, 0.5) is 4.79 Å². The van der Waals surface area contributed by atoms with Crippen LogP contribution in [0.2, 0.25) is 0 Å². The van der Waals surface area contributed by atoms with Gasteiger partial charge in [-0.15, -0.1) is 0 Å². The molecule has 4 heteroatoms. The third-order valence-electron chi connectivity index (χ3n) is 4.51. The quantitative estimate of drug-likeness (QED) is 0.836. The van der Waals surface area contributed by atoms with Crippen molar-refractivity contribution < 1.29 is 9.53 Å². The topological polar surface area (TPSA) is 50.4 Å². The van der Waals surface area contributed by atoms with E-state index in [9.17, 15) is 4.79 Å². The number of ether oxygens (including phenoxy) is 1. The zero-order chi connectivity index (χ0) is 15.9. The van der Waals surface area contributed by atoms with Gasteiger partial charge in [-0.25, -0.2) is 4.79 Å². The number of methoxy groups -OCH3 is 1. The van der Waals surface area contributed by atoms with Gasteiger partial charge in [-0.1, -0.05) is 43.4 Å². The molecule has 1 fully saturated rings. The standard InChI is InChI=1S/C18H28N2O2/c1-13-8-9-17(22-3)16(12-13)14(2)20-18(21)19-11-10-15-6-4-5-7-15/h8-9,12,14-15H,4-7,10-11H2,1-3H3,(H2,19,20,21)/t14-/m1/s1. The van der Waals surface area contributed by atoms with E-state index < -0.39 is 0 Å². The van der Waals surface area contributed by atoms with Crippen molar-refractivity contribution >= 4 is 6.03 Å². The van der Waals surface area contributed by atoms with Gasteiger partial charge in [0.15, 0.2) is 0 Å². The largest absolute Gasteiger partial charge is 0.496 e. The molecule has 1 aliphatic carbocycles. The van der Waals surface area contributed by atoms with E-state index in [0.29, 0.717) is 0 Å². The number of nitrogens with one attached hydrogen (secondary N) is 2. The minimum atomic E-state index is -0.103. The predicted octanol–water partition coefficient (Wildman–Crippen LogP) is 3.94. The second-order valence-corrected chi connectivity index (χ2v) is 6.31. The summed E-state index contributed by atoms with van der Waals surface area (Å²) in [6, 6.07) is 5.83. The number of carbonyl (C=O) groups excluding carboxylic acids is 1. The van der Waals surface area contributed by atoms with Crippen LogP contribution in [0.25, 0.3) is 0 Å². The second kappa shape index (κ2) is 8.06. The van der Waals surface area contributed by atoms with Gasteiger partial charge in [0, 0.05) is 12.1 Å². The Labute approximate surface area is 133 Å². The molecule has 1 aliphatic rings. The van der Waals surface area contributed by atoms with Crippen LogP contribution < -0.4 is 15.4 Å². The summed E-state index contributed by atoms with van der Waals surface area (Å²) < 4.78 is 5.38. The van der Waals surface area contributed by atoms with Crippen LogP contribution in [0.1, 0.15) is 56.2 Å². The molecule has 2 N–H and O–H groups in total. The number of benzene rings is 1. The highest BCUT2D eigenvalue weighted by Gasteiger charge is 2.16. The van der Waals surface area contributed by atoms with Crippen LogP contribution in [0, 0.1) is 12.8 Å². The molecule has 22 heavy (non-hydrogen) atoms. The van der Waals surface area contributed by atoms with Crippen molar-refractivity contribution in [3.63, 3.8) is 0 Å². The summed E-state index contributed by atoms with van der Waals surface area (Å²) in [4.78, 5) is 12.0. The molecule has 0 unspecified atom stereocenters. The van der Waals surface area contributed by atoms with E-state index in [1.165, 1.54) is 25.7 Å². The highest BCUT2D eigenvalue weighted by Crippen LogP contribution is 2.27. The SMILES string of the molecule is COc1ccc(C)cc1[C@@H](C)NC(=O)NCCC1CCCC1. The fourth-order valence-corrected chi connectivity index (χ4v) is 3.21. The summed E-state index contributed by atoms with van der Waals surface area (Å²) in [6.45, 7) is 4.78. The maximum atomic E-state index is 12.0. The van der Waals surface area contributed by atoms with Crippen LogP contribution >= 0.6 is 0 Å². The fourth-order valence-electron chi connectivity index (χ4n) is 3.21. The zero-order valence-electron chi connectivity index (χ0n) is 13.9. The van der Waals surface area contributed by atoms with E-state index >= 15 is 0 Å². The van der Waals surface area contributed by atoms with E-state index in [1.54, 1.807) is 7.11 Å². The van der Waals surface area contributed by atoms with Crippen molar-refractivity contribution in [3.8, 4) is 5.75 Å². The minimum absolute atomic E-state index is 0.0821. The monoisotopic (exact) mass is 304 g/mol. The number of rotatable bonds is 6. The first-order valence-corrected chi connectivity index (χ1v) is 8.29. The van der Waals surface area contributed by atoms with Crippen LogP contribution in [0.5, 0.6) is 5.75 Å². The van der Waals surface area contributed by atoms with Gasteiger partial charge in [0.2, 0.25) is 0 Å². The highest BCUT2D eigenvalue weighted by atomic mass is 16.5. The molecule has 1 aromatic carbocycles. The molecule has 0 heterocycles. The lowest BCUT2D eigenvalue weighted by molar-refractivity contribution is 0.237. The molecule has 0 radical (unpaired) electrons. The van der Waals surface area contributed by atoms with Crippen LogP contribution in [0.15, 0.2) is 18.2 Å². The van der Waals surface area contributed by atoms with Gasteiger partial charge in [0.25, 0.3) is 0 Å². The van der Waals surface area contributed by atoms with Crippen molar-refractivity contribution in [2.24, 2.45) is 5.92 Å². The fraction of sp³-hybridized carbons (Fsp3) is 0.611. The number of carbonyl (C=O) groups is 1. The molecule has 0 aromatic heterocycles. The van der Waals surface area contributed by atoms with Gasteiger partial charge in [-0.2, -0.15) is 0 Å². The second-order valence-electron chi connectivity index (χ2n) is 6.31. The zero-order valence-corrected chi connectivity index (χ0v) is 13.9. The molecular formula is C18H28N2O2. The first kappa shape index (κ1) is 16.7. The Morgan fingerprint density at radius 1 is 1.36 bits per heavy atom. The van der Waals surface area contributed by atoms with Gasteiger partial charge >= 0.3 is 6.03 Å². The van der Waals surface area contributed by atoms with E-state index in [1.807, 2.05) is 26.0 Å². The van der Waals surface area contributed by atoms with Crippen molar-refractivity contribution in [2.75, 3.05) is 13.7 Å². The average molecular weight is 304 g/mol. The summed E-state index contributed by atoms with van der Waals surface area (Å²) in [5, 5.41) is 5.96. The predicted molar refractivity (Wildman–Crippen MR) is 89.3 cm³/mol. The lowest BCUT2D eigenvalue weighted by Crippen LogP contribution is -2.38. The smallest absolute Gasteiger partial charge is 0.315 e. The maximum absolute atomic E-state index is 12.0. The molecule has 2 rings (SSSR count). The third-order valence-corrected chi connectivity index (χ3v) is 4.51.